The van der Waals surface area contributed by atoms with Gasteiger partial charge < -0.3 is 4.90 Å². The van der Waals surface area contributed by atoms with E-state index in [1.54, 1.807) is 17.7 Å². The fourth-order valence-corrected chi connectivity index (χ4v) is 3.74. The first-order chi connectivity index (χ1) is 13.9. The number of rotatable bonds is 1. The molecule has 0 radical (unpaired) electrons. The van der Waals surface area contributed by atoms with Crippen LogP contribution in [0.25, 0.3) is 21.7 Å². The first kappa shape index (κ1) is 23.0. The Morgan fingerprint density at radius 3 is 2.10 bits per heavy atom. The molecule has 3 aromatic rings. The number of pyridine rings is 1. The zero-order valence-electron chi connectivity index (χ0n) is 18.1. The Morgan fingerprint density at radius 1 is 0.828 bits per heavy atom. The van der Waals surface area contributed by atoms with Crippen molar-refractivity contribution in [1.82, 2.24) is 0 Å². The minimum absolute atomic E-state index is 0.595. The van der Waals surface area contributed by atoms with Crippen molar-refractivity contribution in [3.63, 3.8) is 0 Å². The molecular weight excluding hydrogens is 373 g/mol. The van der Waals surface area contributed by atoms with Crippen LogP contribution in [0.1, 0.15) is 52.5 Å². The Bertz CT molecular complexity index is 942. The van der Waals surface area contributed by atoms with Crippen LogP contribution >= 0.6 is 0 Å². The van der Waals surface area contributed by atoms with E-state index in [1.165, 1.54) is 31.4 Å². The van der Waals surface area contributed by atoms with Crippen molar-refractivity contribution in [2.45, 2.75) is 53.1 Å². The van der Waals surface area contributed by atoms with Crippen molar-refractivity contribution in [2.75, 3.05) is 18.0 Å². The molecule has 158 valence electrons. The standard InChI is InChI=1S/C20H20F3N2.2C2H6/c1-24-13-14-5-7-16(25-9-3-2-4-10-25)12-18(14)17-8-6-15(11-19(17)24)20(21,22)23;2*1-2/h5-8,11-13H,2-4,9-10H2,1H3;2*1-2H3/q+1;;. The van der Waals surface area contributed by atoms with Crippen LogP contribution in [0.2, 0.25) is 0 Å². The van der Waals surface area contributed by atoms with Crippen LogP contribution in [0.4, 0.5) is 18.9 Å². The lowest BCUT2D eigenvalue weighted by Crippen LogP contribution is -2.30. The molecule has 0 bridgehead atoms. The molecule has 1 fully saturated rings. The highest BCUT2D eigenvalue weighted by molar-refractivity contribution is 6.05. The molecule has 2 nitrogen and oxygen atoms in total. The number of nitrogens with zero attached hydrogens (tertiary/aromatic N) is 2. The predicted octanol–water partition coefficient (Wildman–Crippen LogP) is 6.88. The second-order valence-electron chi connectivity index (χ2n) is 6.79. The van der Waals surface area contributed by atoms with Crippen molar-refractivity contribution in [3.05, 3.63) is 48.2 Å². The maximum atomic E-state index is 13.1. The SMILES string of the molecule is CC.CC.C[n+]1cc2ccc(N3CCCCC3)cc2c2ccc(C(F)(F)F)cc21. The molecule has 2 heterocycles. The lowest BCUT2D eigenvalue weighted by molar-refractivity contribution is -0.643. The number of anilines is 1. The molecule has 4 rings (SSSR count). The van der Waals surface area contributed by atoms with Crippen molar-refractivity contribution in [2.24, 2.45) is 7.05 Å². The van der Waals surface area contributed by atoms with E-state index in [9.17, 15) is 13.2 Å². The monoisotopic (exact) mass is 405 g/mol. The predicted molar refractivity (Wildman–Crippen MR) is 116 cm³/mol. The number of fused-ring (bicyclic) bond motifs is 3. The van der Waals surface area contributed by atoms with Gasteiger partial charge in [0.1, 0.15) is 7.05 Å². The topological polar surface area (TPSA) is 7.12 Å². The lowest BCUT2D eigenvalue weighted by Gasteiger charge is -2.29. The summed E-state index contributed by atoms with van der Waals surface area (Å²) in [6.07, 6.45) is 1.22. The van der Waals surface area contributed by atoms with Crippen LogP contribution in [0.3, 0.4) is 0 Å². The second-order valence-corrected chi connectivity index (χ2v) is 6.79. The van der Waals surface area contributed by atoms with Crippen LogP contribution in [0, 0.1) is 0 Å². The number of halogens is 3. The number of alkyl halides is 3. The van der Waals surface area contributed by atoms with E-state index in [1.807, 2.05) is 33.9 Å². The highest BCUT2D eigenvalue weighted by Crippen LogP contribution is 2.33. The maximum absolute atomic E-state index is 13.1. The van der Waals surface area contributed by atoms with Gasteiger partial charge in [-0.15, -0.1) is 0 Å². The van der Waals surface area contributed by atoms with Crippen LogP contribution < -0.4 is 9.47 Å². The summed E-state index contributed by atoms with van der Waals surface area (Å²) >= 11 is 0. The molecule has 0 spiro atoms. The van der Waals surface area contributed by atoms with Crippen molar-refractivity contribution >= 4 is 27.4 Å². The van der Waals surface area contributed by atoms with Gasteiger partial charge in [-0.25, -0.2) is 4.57 Å². The average molecular weight is 406 g/mol. The molecule has 1 aliphatic rings. The molecule has 0 unspecified atom stereocenters. The summed E-state index contributed by atoms with van der Waals surface area (Å²) in [6.45, 7) is 10.1. The number of hydrogen-bond donors (Lipinski definition) is 0. The molecule has 1 aliphatic heterocycles. The van der Waals surface area contributed by atoms with Gasteiger partial charge in [0, 0.05) is 35.6 Å². The minimum atomic E-state index is -4.33. The summed E-state index contributed by atoms with van der Waals surface area (Å²) in [5.74, 6) is 0. The Balaban J connectivity index is 0.000000707. The molecule has 29 heavy (non-hydrogen) atoms. The van der Waals surface area contributed by atoms with Gasteiger partial charge in [-0.3, -0.25) is 0 Å². The third kappa shape index (κ3) is 5.01. The van der Waals surface area contributed by atoms with Crippen LogP contribution in [0.5, 0.6) is 0 Å². The van der Waals surface area contributed by atoms with Crippen molar-refractivity contribution in [1.29, 1.82) is 0 Å². The number of benzene rings is 2. The molecule has 1 saturated heterocycles. The molecular formula is C24H32F3N2+. The molecule has 0 atom stereocenters. The summed E-state index contributed by atoms with van der Waals surface area (Å²) < 4.78 is 40.9. The highest BCUT2D eigenvalue weighted by Gasteiger charge is 2.31. The molecule has 0 aliphatic carbocycles. The summed E-state index contributed by atoms with van der Waals surface area (Å²) in [4.78, 5) is 2.37. The first-order valence-electron chi connectivity index (χ1n) is 10.6. The third-order valence-corrected chi connectivity index (χ3v) is 5.09. The van der Waals surface area contributed by atoms with E-state index in [-0.39, 0.29) is 0 Å². The summed E-state index contributed by atoms with van der Waals surface area (Å²) in [5, 5.41) is 2.90. The molecule has 0 N–H and O–H groups in total. The number of hydrogen-bond acceptors (Lipinski definition) is 1. The molecule has 0 saturated carbocycles. The van der Waals surface area contributed by atoms with Crippen LogP contribution in [0.15, 0.2) is 42.6 Å². The third-order valence-electron chi connectivity index (χ3n) is 5.09. The fourth-order valence-electron chi connectivity index (χ4n) is 3.74. The lowest BCUT2D eigenvalue weighted by atomic mass is 10.0. The fraction of sp³-hybridized carbons (Fsp3) is 0.458. The van der Waals surface area contributed by atoms with E-state index >= 15 is 0 Å². The second kappa shape index (κ2) is 9.95. The van der Waals surface area contributed by atoms with E-state index in [0.29, 0.717) is 5.52 Å². The van der Waals surface area contributed by atoms with Crippen LogP contribution in [-0.2, 0) is 13.2 Å². The summed E-state index contributed by atoms with van der Waals surface area (Å²) in [7, 11) is 1.79. The van der Waals surface area contributed by atoms with Gasteiger partial charge in [0.25, 0.3) is 0 Å². The Labute approximate surface area is 172 Å². The van der Waals surface area contributed by atoms with Crippen molar-refractivity contribution < 1.29 is 17.7 Å². The number of piperidine rings is 1. The molecule has 1 aromatic heterocycles. The van der Waals surface area contributed by atoms with Crippen LogP contribution in [-0.4, -0.2) is 13.1 Å². The van der Waals surface area contributed by atoms with Gasteiger partial charge in [0.2, 0.25) is 5.52 Å². The zero-order chi connectivity index (χ0) is 21.6. The average Bonchev–Trinajstić information content (AvgIpc) is 2.76. The van der Waals surface area contributed by atoms with Gasteiger partial charge in [-0.05, 0) is 49.6 Å². The number of aryl methyl sites for hydroxylation is 1. The maximum Gasteiger partial charge on any atom is 0.416 e. The minimum Gasteiger partial charge on any atom is -0.372 e. The summed E-state index contributed by atoms with van der Waals surface area (Å²) in [5.41, 5.74) is 1.14. The normalized spacial score (nSPS) is 14.1. The quantitative estimate of drug-likeness (QED) is 0.316. The molecule has 2 aromatic carbocycles. The highest BCUT2D eigenvalue weighted by atomic mass is 19.4. The van der Waals surface area contributed by atoms with E-state index in [0.717, 1.165) is 34.9 Å². The Kier molecular flexibility index (Phi) is 7.88. The smallest absolute Gasteiger partial charge is 0.372 e. The zero-order valence-corrected chi connectivity index (χ0v) is 18.1. The number of aromatic nitrogens is 1. The Morgan fingerprint density at radius 2 is 1.48 bits per heavy atom. The van der Waals surface area contributed by atoms with Gasteiger partial charge in [-0.2, -0.15) is 13.2 Å². The Hall–Kier alpha value is -2.30. The van der Waals surface area contributed by atoms with Gasteiger partial charge in [0.15, 0.2) is 6.20 Å². The van der Waals surface area contributed by atoms with Gasteiger partial charge >= 0.3 is 6.18 Å². The van der Waals surface area contributed by atoms with Gasteiger partial charge in [-0.1, -0.05) is 27.7 Å². The largest absolute Gasteiger partial charge is 0.416 e. The van der Waals surface area contributed by atoms with E-state index < -0.39 is 11.7 Å². The molecule has 0 amide bonds. The van der Waals surface area contributed by atoms with E-state index in [4.69, 9.17) is 0 Å². The van der Waals surface area contributed by atoms with Gasteiger partial charge in [0.05, 0.1) is 10.9 Å². The summed E-state index contributed by atoms with van der Waals surface area (Å²) in [6, 6.07) is 10.3. The van der Waals surface area contributed by atoms with E-state index in [2.05, 4.69) is 23.1 Å². The molecule has 5 heteroatoms. The van der Waals surface area contributed by atoms with Crippen molar-refractivity contribution in [3.8, 4) is 0 Å². The first-order valence-corrected chi connectivity index (χ1v) is 10.6.